The van der Waals surface area contributed by atoms with Crippen LogP contribution in [0.5, 0.6) is 0 Å². The number of hydrogen-bond acceptors (Lipinski definition) is 3. The fourth-order valence-electron chi connectivity index (χ4n) is 1.71. The number of carbonyl (C=O) groups is 1. The van der Waals surface area contributed by atoms with Gasteiger partial charge in [-0.25, -0.2) is 0 Å². The maximum Gasteiger partial charge on any atom is 0.311 e. The lowest BCUT2D eigenvalue weighted by Crippen LogP contribution is -2.28. The van der Waals surface area contributed by atoms with Gasteiger partial charge in [0.05, 0.1) is 19.1 Å². The number of carbonyl (C=O) groups excluding carboxylic acids is 1. The minimum absolute atomic E-state index is 0.260. The van der Waals surface area contributed by atoms with Crippen LogP contribution in [0, 0.1) is 5.92 Å². The van der Waals surface area contributed by atoms with Crippen LogP contribution in [-0.2, 0) is 9.53 Å². The first kappa shape index (κ1) is 9.52. The summed E-state index contributed by atoms with van der Waals surface area (Å²) in [6.07, 6.45) is 4.18. The van der Waals surface area contributed by atoms with Crippen molar-refractivity contribution in [2.24, 2.45) is 5.92 Å². The Hall–Kier alpha value is -0.570. The molecule has 0 aromatic carbocycles. The number of ether oxygens (including phenoxy) is 1. The molecule has 1 rings (SSSR count). The van der Waals surface area contributed by atoms with Crippen LogP contribution in [0.2, 0.25) is 0 Å². The smallest absolute Gasteiger partial charge is 0.311 e. The van der Waals surface area contributed by atoms with Crippen LogP contribution < -0.4 is 0 Å². The number of esters is 1. The molecule has 3 nitrogen and oxygen atoms in total. The van der Waals surface area contributed by atoms with Gasteiger partial charge in [0.25, 0.3) is 0 Å². The number of aliphatic hydroxyl groups is 1. The molecular weight excluding hydrogens is 156 g/mol. The Kier molecular flexibility index (Phi) is 3.53. The summed E-state index contributed by atoms with van der Waals surface area (Å²) in [6, 6.07) is 0. The molecule has 0 bridgehead atoms. The summed E-state index contributed by atoms with van der Waals surface area (Å²) < 4.78 is 4.62. The van der Waals surface area contributed by atoms with E-state index < -0.39 is 6.10 Å². The van der Waals surface area contributed by atoms with Crippen molar-refractivity contribution in [1.82, 2.24) is 0 Å². The monoisotopic (exact) mass is 172 g/mol. The Morgan fingerprint density at radius 3 is 2.67 bits per heavy atom. The average molecular weight is 172 g/mol. The minimum atomic E-state index is -0.486. The van der Waals surface area contributed by atoms with Crippen molar-refractivity contribution in [3.8, 4) is 0 Å². The zero-order valence-electron chi connectivity index (χ0n) is 7.45. The topological polar surface area (TPSA) is 46.5 Å². The second-order valence-electron chi connectivity index (χ2n) is 3.34. The van der Waals surface area contributed by atoms with E-state index >= 15 is 0 Å². The highest BCUT2D eigenvalue weighted by molar-refractivity contribution is 5.72. The van der Waals surface area contributed by atoms with E-state index in [2.05, 4.69) is 4.74 Å². The van der Waals surface area contributed by atoms with Crippen LogP contribution in [0.15, 0.2) is 0 Å². The molecule has 0 saturated heterocycles. The van der Waals surface area contributed by atoms with Gasteiger partial charge in [-0.1, -0.05) is 19.3 Å². The zero-order valence-corrected chi connectivity index (χ0v) is 7.45. The maximum absolute atomic E-state index is 11.1. The van der Waals surface area contributed by atoms with E-state index in [1.54, 1.807) is 0 Å². The Bertz CT molecular complexity index is 156. The largest absolute Gasteiger partial charge is 0.469 e. The van der Waals surface area contributed by atoms with Crippen LogP contribution in [-0.4, -0.2) is 24.3 Å². The minimum Gasteiger partial charge on any atom is -0.469 e. The van der Waals surface area contributed by atoms with Gasteiger partial charge in [-0.15, -0.1) is 0 Å². The summed E-state index contributed by atoms with van der Waals surface area (Å²) in [5.41, 5.74) is 0. The van der Waals surface area contributed by atoms with Gasteiger partial charge in [0.1, 0.15) is 0 Å². The third kappa shape index (κ3) is 2.21. The molecule has 0 amide bonds. The summed E-state index contributed by atoms with van der Waals surface area (Å²) in [5.74, 6) is -0.540. The molecule has 1 aliphatic carbocycles. The second kappa shape index (κ2) is 4.45. The van der Waals surface area contributed by atoms with Crippen molar-refractivity contribution in [2.45, 2.75) is 38.2 Å². The van der Waals surface area contributed by atoms with Gasteiger partial charge in [-0.2, -0.15) is 0 Å². The normalized spacial score (nSPS) is 30.8. The molecule has 0 heterocycles. The summed E-state index contributed by atoms with van der Waals surface area (Å²) in [6.45, 7) is 0. The molecule has 0 aliphatic heterocycles. The first-order valence-electron chi connectivity index (χ1n) is 4.51. The highest BCUT2D eigenvalue weighted by atomic mass is 16.5. The maximum atomic E-state index is 11.1. The molecule has 3 heteroatoms. The number of aliphatic hydroxyl groups excluding tert-OH is 1. The molecule has 1 aliphatic rings. The van der Waals surface area contributed by atoms with Gasteiger partial charge < -0.3 is 9.84 Å². The van der Waals surface area contributed by atoms with Crippen LogP contribution >= 0.6 is 0 Å². The molecule has 0 unspecified atom stereocenters. The van der Waals surface area contributed by atoms with Crippen LogP contribution in [0.4, 0.5) is 0 Å². The molecule has 1 N–H and O–H groups in total. The van der Waals surface area contributed by atoms with E-state index in [0.29, 0.717) is 0 Å². The molecule has 0 aromatic heterocycles. The van der Waals surface area contributed by atoms with Gasteiger partial charge in [0.15, 0.2) is 0 Å². The van der Waals surface area contributed by atoms with E-state index in [9.17, 15) is 9.90 Å². The zero-order chi connectivity index (χ0) is 8.97. The Balaban J connectivity index is 2.52. The molecule has 0 radical (unpaired) electrons. The van der Waals surface area contributed by atoms with Gasteiger partial charge >= 0.3 is 5.97 Å². The quantitative estimate of drug-likeness (QED) is 0.476. The first-order chi connectivity index (χ1) is 5.75. The van der Waals surface area contributed by atoms with Gasteiger partial charge in [-0.05, 0) is 12.8 Å². The Labute approximate surface area is 72.7 Å². The summed E-state index contributed by atoms with van der Waals surface area (Å²) in [7, 11) is 1.37. The summed E-state index contributed by atoms with van der Waals surface area (Å²) in [4.78, 5) is 11.1. The summed E-state index contributed by atoms with van der Waals surface area (Å²) >= 11 is 0. The van der Waals surface area contributed by atoms with Crippen molar-refractivity contribution in [3.63, 3.8) is 0 Å². The van der Waals surface area contributed by atoms with E-state index in [-0.39, 0.29) is 11.9 Å². The number of methoxy groups -OCH3 is 1. The lowest BCUT2D eigenvalue weighted by molar-refractivity contribution is -0.149. The first-order valence-corrected chi connectivity index (χ1v) is 4.51. The lowest BCUT2D eigenvalue weighted by Gasteiger charge is -2.16. The van der Waals surface area contributed by atoms with E-state index in [4.69, 9.17) is 0 Å². The number of hydrogen-bond donors (Lipinski definition) is 1. The Morgan fingerprint density at radius 1 is 1.33 bits per heavy atom. The van der Waals surface area contributed by atoms with Gasteiger partial charge in [-0.3, -0.25) is 4.79 Å². The molecule has 0 aromatic rings. The predicted molar refractivity (Wildman–Crippen MR) is 44.6 cm³/mol. The second-order valence-corrected chi connectivity index (χ2v) is 3.34. The molecule has 70 valence electrons. The molecule has 1 fully saturated rings. The standard InChI is InChI=1S/C9H16O3/c1-12-9(11)7-5-3-2-4-6-8(7)10/h7-8,10H,2-6H2,1H3/t7-,8-/m1/s1. The van der Waals surface area contributed by atoms with Crippen molar-refractivity contribution < 1.29 is 14.6 Å². The van der Waals surface area contributed by atoms with Crippen molar-refractivity contribution in [1.29, 1.82) is 0 Å². The van der Waals surface area contributed by atoms with E-state index in [0.717, 1.165) is 32.1 Å². The molecule has 1 saturated carbocycles. The van der Waals surface area contributed by atoms with Crippen LogP contribution in [0.3, 0.4) is 0 Å². The van der Waals surface area contributed by atoms with E-state index in [1.807, 2.05) is 0 Å². The van der Waals surface area contributed by atoms with Crippen molar-refractivity contribution in [2.75, 3.05) is 7.11 Å². The predicted octanol–water partition coefficient (Wildman–Crippen LogP) is 1.10. The third-order valence-electron chi connectivity index (χ3n) is 2.48. The third-order valence-corrected chi connectivity index (χ3v) is 2.48. The van der Waals surface area contributed by atoms with Gasteiger partial charge in [0.2, 0.25) is 0 Å². The van der Waals surface area contributed by atoms with Crippen LogP contribution in [0.1, 0.15) is 32.1 Å². The lowest BCUT2D eigenvalue weighted by atomic mass is 9.98. The SMILES string of the molecule is COC(=O)[C@@H]1CCCCC[C@H]1O. The van der Waals surface area contributed by atoms with Crippen molar-refractivity contribution in [3.05, 3.63) is 0 Å². The van der Waals surface area contributed by atoms with E-state index in [1.165, 1.54) is 7.11 Å². The molecule has 2 atom stereocenters. The molecular formula is C9H16O3. The molecule has 0 spiro atoms. The molecule has 12 heavy (non-hydrogen) atoms. The van der Waals surface area contributed by atoms with Crippen molar-refractivity contribution >= 4 is 5.97 Å². The fourth-order valence-corrected chi connectivity index (χ4v) is 1.71. The highest BCUT2D eigenvalue weighted by Crippen LogP contribution is 2.24. The fraction of sp³-hybridized carbons (Fsp3) is 0.889. The van der Waals surface area contributed by atoms with Crippen LogP contribution in [0.25, 0.3) is 0 Å². The van der Waals surface area contributed by atoms with Gasteiger partial charge in [0, 0.05) is 0 Å². The highest BCUT2D eigenvalue weighted by Gasteiger charge is 2.28. The Morgan fingerprint density at radius 2 is 2.00 bits per heavy atom. The summed E-state index contributed by atoms with van der Waals surface area (Å²) in [5, 5.41) is 9.55. The number of rotatable bonds is 1. The average Bonchev–Trinajstić information content (AvgIpc) is 2.28.